The molecule has 0 saturated carbocycles. The van der Waals surface area contributed by atoms with E-state index in [9.17, 15) is 23.9 Å². The Bertz CT molecular complexity index is 1810. The highest BCUT2D eigenvalue weighted by atomic mass is 35.5. The lowest BCUT2D eigenvalue weighted by molar-refractivity contribution is -0.119. The minimum Gasteiger partial charge on any atom is -0.465 e. The fourth-order valence-electron chi connectivity index (χ4n) is 4.67. The maximum atomic E-state index is 13.6. The number of anilines is 2. The summed E-state index contributed by atoms with van der Waals surface area (Å²) < 4.78 is 16.3. The van der Waals surface area contributed by atoms with Crippen LogP contribution in [0.25, 0.3) is 16.8 Å². The smallest absolute Gasteiger partial charge is 0.411 e. The Hall–Kier alpha value is -5.36. The number of rotatable bonds is 9. The third-order valence-corrected chi connectivity index (χ3v) is 7.02. The monoisotopic (exact) mass is 601 g/mol. The number of tetrazole rings is 1. The molecule has 3 aromatic carbocycles. The van der Waals surface area contributed by atoms with Crippen LogP contribution in [-0.2, 0) is 11.2 Å². The normalized spacial score (nSPS) is 11.6. The second kappa shape index (κ2) is 12.7. The number of hydrogen-bond donors (Lipinski definition) is 2. The number of benzene rings is 3. The van der Waals surface area contributed by atoms with Gasteiger partial charge in [-0.1, -0.05) is 23.7 Å². The first kappa shape index (κ1) is 29.1. The maximum Gasteiger partial charge on any atom is 0.411 e. The van der Waals surface area contributed by atoms with Crippen LogP contribution in [0.5, 0.6) is 0 Å². The second-order valence-corrected chi connectivity index (χ2v) is 9.92. The van der Waals surface area contributed by atoms with E-state index in [4.69, 9.17) is 11.6 Å². The molecular weight excluding hydrogens is 577 g/mol. The van der Waals surface area contributed by atoms with Crippen LogP contribution in [-0.4, -0.2) is 48.4 Å². The molecule has 2 amide bonds. The Morgan fingerprint density at radius 2 is 1.79 bits per heavy atom. The van der Waals surface area contributed by atoms with Crippen LogP contribution >= 0.6 is 11.6 Å². The van der Waals surface area contributed by atoms with Crippen molar-refractivity contribution in [2.24, 2.45) is 0 Å². The number of carbonyl (C=O) groups is 2. The molecule has 0 bridgehead atoms. The summed E-state index contributed by atoms with van der Waals surface area (Å²) in [5.41, 5.74) is 2.77. The van der Waals surface area contributed by atoms with Crippen molar-refractivity contribution in [3.63, 3.8) is 0 Å². The summed E-state index contributed by atoms with van der Waals surface area (Å²) in [7, 11) is 0. The summed E-state index contributed by atoms with van der Waals surface area (Å²) in [6, 6.07) is 19.2. The first-order valence-electron chi connectivity index (χ1n) is 13.1. The molecule has 0 radical (unpaired) electrons. The Kier molecular flexibility index (Phi) is 8.58. The van der Waals surface area contributed by atoms with Gasteiger partial charge in [0.25, 0.3) is 5.56 Å². The molecule has 2 N–H and O–H groups in total. The third-order valence-electron chi connectivity index (χ3n) is 6.79. The predicted octanol–water partition coefficient (Wildman–Crippen LogP) is 5.21. The highest BCUT2D eigenvalue weighted by molar-refractivity contribution is 6.31. The van der Waals surface area contributed by atoms with Crippen molar-refractivity contribution in [3.8, 4) is 16.8 Å². The SMILES string of the molecule is CCN(C(=O)O)c1ccc(NC(=O)[C@H](Cc2ccc(F)cc2)n2ccc(-c3cc(Cl)ccc3-n3cnnn3)cc2=O)cc1. The fraction of sp³-hybridized carbons (Fsp3) is 0.133. The van der Waals surface area contributed by atoms with E-state index >= 15 is 0 Å². The minimum atomic E-state index is -1.09. The minimum absolute atomic E-state index is 0.0963. The summed E-state index contributed by atoms with van der Waals surface area (Å²) in [5.74, 6) is -0.914. The molecule has 0 aliphatic heterocycles. The van der Waals surface area contributed by atoms with Gasteiger partial charge in [0.2, 0.25) is 5.91 Å². The van der Waals surface area contributed by atoms with Gasteiger partial charge >= 0.3 is 6.09 Å². The Balaban J connectivity index is 1.48. The number of hydrogen-bond acceptors (Lipinski definition) is 6. The molecule has 5 aromatic rings. The quantitative estimate of drug-likeness (QED) is 0.237. The van der Waals surface area contributed by atoms with Gasteiger partial charge in [-0.25, -0.2) is 9.18 Å². The first-order chi connectivity index (χ1) is 20.7. The number of amides is 2. The van der Waals surface area contributed by atoms with Gasteiger partial charge in [0.15, 0.2) is 0 Å². The molecule has 0 saturated heterocycles. The highest BCUT2D eigenvalue weighted by Gasteiger charge is 2.23. The summed E-state index contributed by atoms with van der Waals surface area (Å²) >= 11 is 6.26. The molecule has 0 aliphatic rings. The Morgan fingerprint density at radius 1 is 1.05 bits per heavy atom. The largest absolute Gasteiger partial charge is 0.465 e. The molecule has 43 heavy (non-hydrogen) atoms. The van der Waals surface area contributed by atoms with Gasteiger partial charge < -0.3 is 15.0 Å². The highest BCUT2D eigenvalue weighted by Crippen LogP contribution is 2.29. The topological polar surface area (TPSA) is 135 Å². The van der Waals surface area contributed by atoms with E-state index in [0.29, 0.717) is 38.8 Å². The number of nitrogens with one attached hydrogen (secondary N) is 1. The van der Waals surface area contributed by atoms with Crippen LogP contribution in [0.15, 0.2) is 96.2 Å². The van der Waals surface area contributed by atoms with Crippen molar-refractivity contribution in [3.05, 3.63) is 118 Å². The molecular formula is C30H25ClFN7O4. The van der Waals surface area contributed by atoms with Crippen LogP contribution in [0.4, 0.5) is 20.6 Å². The zero-order chi connectivity index (χ0) is 30.5. The molecule has 2 heterocycles. The van der Waals surface area contributed by atoms with E-state index in [1.54, 1.807) is 67.6 Å². The number of carboxylic acid groups (broad SMARTS) is 1. The van der Waals surface area contributed by atoms with Crippen LogP contribution in [0.1, 0.15) is 18.5 Å². The summed E-state index contributed by atoms with van der Waals surface area (Å²) in [5, 5.41) is 23.9. The summed E-state index contributed by atoms with van der Waals surface area (Å²) in [6.45, 7) is 1.97. The number of aromatic nitrogens is 5. The van der Waals surface area contributed by atoms with Crippen molar-refractivity contribution < 1.29 is 19.1 Å². The zero-order valence-corrected chi connectivity index (χ0v) is 23.5. The molecule has 0 unspecified atom stereocenters. The average Bonchev–Trinajstić information content (AvgIpc) is 3.53. The maximum absolute atomic E-state index is 13.6. The van der Waals surface area contributed by atoms with Gasteiger partial charge in [0.1, 0.15) is 18.2 Å². The van der Waals surface area contributed by atoms with Gasteiger partial charge in [0, 0.05) is 47.2 Å². The molecule has 11 nitrogen and oxygen atoms in total. The summed E-state index contributed by atoms with van der Waals surface area (Å²) in [6.07, 6.45) is 1.94. The van der Waals surface area contributed by atoms with Crippen molar-refractivity contribution >= 4 is 35.0 Å². The Morgan fingerprint density at radius 3 is 2.42 bits per heavy atom. The number of carbonyl (C=O) groups excluding carboxylic acids is 1. The number of pyridine rings is 1. The molecule has 0 fully saturated rings. The fourth-order valence-corrected chi connectivity index (χ4v) is 4.84. The van der Waals surface area contributed by atoms with Gasteiger partial charge in [-0.2, -0.15) is 4.68 Å². The molecule has 0 spiro atoms. The van der Waals surface area contributed by atoms with Crippen molar-refractivity contribution in [2.75, 3.05) is 16.8 Å². The molecule has 2 aromatic heterocycles. The molecule has 0 aliphatic carbocycles. The summed E-state index contributed by atoms with van der Waals surface area (Å²) in [4.78, 5) is 39.8. The van der Waals surface area contributed by atoms with Gasteiger partial charge in [-0.3, -0.25) is 14.5 Å². The van der Waals surface area contributed by atoms with E-state index in [1.807, 2.05) is 0 Å². The van der Waals surface area contributed by atoms with Crippen molar-refractivity contribution in [1.82, 2.24) is 24.8 Å². The lowest BCUT2D eigenvalue weighted by Gasteiger charge is -2.21. The van der Waals surface area contributed by atoms with Crippen LogP contribution in [0.2, 0.25) is 5.02 Å². The standard InChI is InChI=1S/C30H25ClFN7O4/c1-2-37(30(42)43)24-10-8-23(9-11-24)34-29(41)27(15-19-3-6-22(32)7-4-19)38-14-13-20(16-28(38)40)25-17-21(31)5-12-26(25)39-18-33-35-36-39/h3-14,16-18,27H,2,15H2,1H3,(H,34,41)(H,42,43)/t27-/m0/s1. The van der Waals surface area contributed by atoms with Crippen LogP contribution < -0.4 is 15.8 Å². The lowest BCUT2D eigenvalue weighted by atomic mass is 10.0. The average molecular weight is 602 g/mol. The van der Waals surface area contributed by atoms with Gasteiger partial charge in [-0.05, 0) is 89.1 Å². The second-order valence-electron chi connectivity index (χ2n) is 9.49. The van der Waals surface area contributed by atoms with Crippen molar-refractivity contribution in [1.29, 1.82) is 0 Å². The van der Waals surface area contributed by atoms with Crippen LogP contribution in [0.3, 0.4) is 0 Å². The number of nitrogens with zero attached hydrogens (tertiary/aromatic N) is 6. The molecule has 13 heteroatoms. The number of halogens is 2. The van der Waals surface area contributed by atoms with E-state index in [-0.39, 0.29) is 13.0 Å². The van der Waals surface area contributed by atoms with E-state index in [1.165, 1.54) is 40.0 Å². The van der Waals surface area contributed by atoms with E-state index in [2.05, 4.69) is 20.8 Å². The Labute approximate surface area is 249 Å². The predicted molar refractivity (Wildman–Crippen MR) is 159 cm³/mol. The lowest BCUT2D eigenvalue weighted by Crippen LogP contribution is -2.34. The first-order valence-corrected chi connectivity index (χ1v) is 13.5. The zero-order valence-electron chi connectivity index (χ0n) is 22.8. The molecule has 1 atom stereocenters. The van der Waals surface area contributed by atoms with Gasteiger partial charge in [-0.15, -0.1) is 5.10 Å². The molecule has 5 rings (SSSR count). The van der Waals surface area contributed by atoms with E-state index in [0.717, 1.165) is 4.90 Å². The third kappa shape index (κ3) is 6.60. The van der Waals surface area contributed by atoms with Crippen LogP contribution in [0, 0.1) is 5.82 Å². The van der Waals surface area contributed by atoms with Crippen molar-refractivity contribution in [2.45, 2.75) is 19.4 Å². The van der Waals surface area contributed by atoms with E-state index < -0.39 is 29.4 Å². The van der Waals surface area contributed by atoms with Gasteiger partial charge in [0.05, 0.1) is 5.69 Å². The molecule has 218 valence electrons.